The largest absolute Gasteiger partial charge is 0.333 e. The molecular weight excluding hydrogens is 325 g/mol. The number of aldehydes is 1. The number of benzene rings is 2. The summed E-state index contributed by atoms with van der Waals surface area (Å²) in [5.74, 6) is -0.428. The molecule has 0 unspecified atom stereocenters. The van der Waals surface area contributed by atoms with Gasteiger partial charge in [-0.2, -0.15) is 0 Å². The SMILES string of the molecule is O=Cc1cccc(-c2cccc(F)c2)c1Nc1ncccc1[N+](=O)[O-]. The lowest BCUT2D eigenvalue weighted by atomic mass is 10.00. The molecular formula is C18H12FN3O3. The fourth-order valence-corrected chi connectivity index (χ4v) is 2.46. The van der Waals surface area contributed by atoms with Crippen molar-refractivity contribution in [2.24, 2.45) is 0 Å². The Hall–Kier alpha value is -3.61. The quantitative estimate of drug-likeness (QED) is 0.425. The van der Waals surface area contributed by atoms with Crippen molar-refractivity contribution in [1.29, 1.82) is 0 Å². The molecule has 3 rings (SSSR count). The predicted molar refractivity (Wildman–Crippen MR) is 91.4 cm³/mol. The first-order valence-corrected chi connectivity index (χ1v) is 7.30. The summed E-state index contributed by atoms with van der Waals surface area (Å²) < 4.78 is 13.6. The number of pyridine rings is 1. The number of nitrogens with one attached hydrogen (secondary N) is 1. The first-order chi connectivity index (χ1) is 12.1. The molecule has 1 aromatic heterocycles. The Morgan fingerprint density at radius 3 is 2.64 bits per heavy atom. The van der Waals surface area contributed by atoms with E-state index in [2.05, 4.69) is 10.3 Å². The Bertz CT molecular complexity index is 960. The number of aromatic nitrogens is 1. The van der Waals surface area contributed by atoms with Crippen LogP contribution in [0.2, 0.25) is 0 Å². The number of carbonyl (C=O) groups excluding carboxylic acids is 1. The highest BCUT2D eigenvalue weighted by Crippen LogP contribution is 2.34. The Labute approximate surface area is 142 Å². The number of rotatable bonds is 5. The normalized spacial score (nSPS) is 10.3. The summed E-state index contributed by atoms with van der Waals surface area (Å²) in [6.45, 7) is 0. The van der Waals surface area contributed by atoms with E-state index in [0.717, 1.165) is 0 Å². The van der Waals surface area contributed by atoms with Crippen LogP contribution in [-0.2, 0) is 0 Å². The average molecular weight is 337 g/mol. The van der Waals surface area contributed by atoms with Gasteiger partial charge in [-0.15, -0.1) is 0 Å². The third kappa shape index (κ3) is 3.35. The van der Waals surface area contributed by atoms with Gasteiger partial charge in [0.05, 0.1) is 10.6 Å². The van der Waals surface area contributed by atoms with E-state index < -0.39 is 10.7 Å². The highest BCUT2D eigenvalue weighted by atomic mass is 19.1. The van der Waals surface area contributed by atoms with Crippen molar-refractivity contribution >= 4 is 23.5 Å². The molecule has 0 aliphatic rings. The summed E-state index contributed by atoms with van der Waals surface area (Å²) in [6.07, 6.45) is 2.03. The molecule has 1 N–H and O–H groups in total. The Morgan fingerprint density at radius 1 is 1.12 bits per heavy atom. The molecule has 0 aliphatic heterocycles. The van der Waals surface area contributed by atoms with Crippen LogP contribution in [0, 0.1) is 15.9 Å². The fraction of sp³-hybridized carbons (Fsp3) is 0. The summed E-state index contributed by atoms with van der Waals surface area (Å²) in [5.41, 5.74) is 1.44. The van der Waals surface area contributed by atoms with Gasteiger partial charge in [0.2, 0.25) is 5.82 Å². The van der Waals surface area contributed by atoms with E-state index in [1.165, 1.54) is 30.5 Å². The zero-order valence-electron chi connectivity index (χ0n) is 12.8. The third-order valence-electron chi connectivity index (χ3n) is 3.59. The maximum atomic E-state index is 13.6. The van der Waals surface area contributed by atoms with E-state index in [0.29, 0.717) is 23.1 Å². The van der Waals surface area contributed by atoms with Crippen LogP contribution < -0.4 is 5.32 Å². The maximum absolute atomic E-state index is 13.6. The smallest absolute Gasteiger partial charge is 0.311 e. The minimum Gasteiger partial charge on any atom is -0.333 e. The zero-order valence-corrected chi connectivity index (χ0v) is 12.8. The number of hydrogen-bond donors (Lipinski definition) is 1. The van der Waals surface area contributed by atoms with Crippen LogP contribution in [0.3, 0.4) is 0 Å². The summed E-state index contributed by atoms with van der Waals surface area (Å²) in [4.78, 5) is 26.0. The lowest BCUT2D eigenvalue weighted by Crippen LogP contribution is -2.03. The van der Waals surface area contributed by atoms with Crippen LogP contribution in [0.25, 0.3) is 11.1 Å². The molecule has 0 aliphatic carbocycles. The summed E-state index contributed by atoms with van der Waals surface area (Å²) in [7, 11) is 0. The van der Waals surface area contributed by atoms with Crippen LogP contribution in [-0.4, -0.2) is 16.2 Å². The molecule has 0 bridgehead atoms. The van der Waals surface area contributed by atoms with Crippen molar-refractivity contribution in [3.05, 3.63) is 82.3 Å². The van der Waals surface area contributed by atoms with Crippen LogP contribution in [0.15, 0.2) is 60.8 Å². The predicted octanol–water partition coefficient (Wildman–Crippen LogP) is 4.35. The minimum atomic E-state index is -0.569. The van der Waals surface area contributed by atoms with Gasteiger partial charge in [0, 0.05) is 23.4 Å². The molecule has 0 radical (unpaired) electrons. The molecule has 0 spiro atoms. The lowest BCUT2D eigenvalue weighted by molar-refractivity contribution is -0.384. The molecule has 3 aromatic rings. The van der Waals surface area contributed by atoms with Gasteiger partial charge in [-0.3, -0.25) is 14.9 Å². The van der Waals surface area contributed by atoms with Gasteiger partial charge in [-0.1, -0.05) is 24.3 Å². The molecule has 0 saturated carbocycles. The monoisotopic (exact) mass is 337 g/mol. The zero-order chi connectivity index (χ0) is 17.8. The average Bonchev–Trinajstić information content (AvgIpc) is 2.62. The molecule has 25 heavy (non-hydrogen) atoms. The minimum absolute atomic E-state index is 0.000506. The van der Waals surface area contributed by atoms with E-state index in [1.54, 1.807) is 30.3 Å². The highest BCUT2D eigenvalue weighted by molar-refractivity contribution is 5.94. The second-order valence-corrected chi connectivity index (χ2v) is 5.15. The second kappa shape index (κ2) is 6.88. The molecule has 0 saturated heterocycles. The number of hydrogen-bond acceptors (Lipinski definition) is 5. The van der Waals surface area contributed by atoms with E-state index in [9.17, 15) is 19.3 Å². The fourth-order valence-electron chi connectivity index (χ4n) is 2.46. The molecule has 0 amide bonds. The van der Waals surface area contributed by atoms with Gasteiger partial charge >= 0.3 is 5.69 Å². The van der Waals surface area contributed by atoms with Crippen molar-refractivity contribution in [3.8, 4) is 11.1 Å². The van der Waals surface area contributed by atoms with Crippen LogP contribution in [0.5, 0.6) is 0 Å². The van der Waals surface area contributed by atoms with Crippen molar-refractivity contribution in [2.45, 2.75) is 0 Å². The second-order valence-electron chi connectivity index (χ2n) is 5.15. The van der Waals surface area contributed by atoms with Crippen LogP contribution in [0.4, 0.5) is 21.6 Å². The number of halogens is 1. The molecule has 1 heterocycles. The molecule has 0 fully saturated rings. The van der Waals surface area contributed by atoms with Crippen LogP contribution in [0.1, 0.15) is 10.4 Å². The lowest BCUT2D eigenvalue weighted by Gasteiger charge is -2.14. The van der Waals surface area contributed by atoms with Crippen molar-refractivity contribution in [3.63, 3.8) is 0 Å². The van der Waals surface area contributed by atoms with Gasteiger partial charge in [0.25, 0.3) is 0 Å². The van der Waals surface area contributed by atoms with E-state index in [1.807, 2.05) is 0 Å². The first kappa shape index (κ1) is 16.3. The number of para-hydroxylation sites is 1. The van der Waals surface area contributed by atoms with Crippen molar-refractivity contribution < 1.29 is 14.1 Å². The molecule has 124 valence electrons. The van der Waals surface area contributed by atoms with Crippen molar-refractivity contribution in [1.82, 2.24) is 4.98 Å². The van der Waals surface area contributed by atoms with E-state index in [-0.39, 0.29) is 17.1 Å². The van der Waals surface area contributed by atoms with Gasteiger partial charge in [0.15, 0.2) is 6.29 Å². The standard InChI is InChI=1S/C18H12FN3O3/c19-14-6-1-4-12(10-14)15-7-2-5-13(11-23)17(15)21-18-16(22(24)25)8-3-9-20-18/h1-11H,(H,20,21). The van der Waals surface area contributed by atoms with E-state index in [4.69, 9.17) is 0 Å². The number of anilines is 2. The summed E-state index contributed by atoms with van der Waals surface area (Å²) >= 11 is 0. The first-order valence-electron chi connectivity index (χ1n) is 7.30. The van der Waals surface area contributed by atoms with Gasteiger partial charge in [0.1, 0.15) is 5.82 Å². The van der Waals surface area contributed by atoms with E-state index >= 15 is 0 Å². The highest BCUT2D eigenvalue weighted by Gasteiger charge is 2.18. The van der Waals surface area contributed by atoms with Gasteiger partial charge in [-0.05, 0) is 29.8 Å². The number of carbonyl (C=O) groups is 1. The maximum Gasteiger partial charge on any atom is 0.311 e. The Morgan fingerprint density at radius 2 is 1.92 bits per heavy atom. The molecule has 6 nitrogen and oxygen atoms in total. The third-order valence-corrected chi connectivity index (χ3v) is 3.59. The van der Waals surface area contributed by atoms with Gasteiger partial charge in [-0.25, -0.2) is 9.37 Å². The summed E-state index contributed by atoms with van der Waals surface area (Å²) in [5, 5.41) is 14.0. The Balaban J connectivity index is 2.16. The van der Waals surface area contributed by atoms with Gasteiger partial charge < -0.3 is 5.32 Å². The molecule has 7 heteroatoms. The van der Waals surface area contributed by atoms with Crippen molar-refractivity contribution in [2.75, 3.05) is 5.32 Å². The van der Waals surface area contributed by atoms with Crippen LogP contribution >= 0.6 is 0 Å². The number of nitrogens with zero attached hydrogens (tertiary/aromatic N) is 2. The molecule has 0 atom stereocenters. The number of nitro groups is 1. The molecule has 2 aromatic carbocycles. The Kier molecular flexibility index (Phi) is 4.47. The topological polar surface area (TPSA) is 85.1 Å². The summed E-state index contributed by atoms with van der Waals surface area (Å²) in [6, 6.07) is 13.5.